The van der Waals surface area contributed by atoms with Crippen LogP contribution in [0.2, 0.25) is 0 Å². The number of halogens is 1. The average molecular weight is 222 g/mol. The van der Waals surface area contributed by atoms with E-state index in [4.69, 9.17) is 9.52 Å². The van der Waals surface area contributed by atoms with Gasteiger partial charge in [0.05, 0.1) is 13.0 Å². The van der Waals surface area contributed by atoms with E-state index in [1.54, 1.807) is 12.1 Å². The lowest BCUT2D eigenvalue weighted by molar-refractivity contribution is 0.283. The van der Waals surface area contributed by atoms with Crippen LogP contribution in [0.3, 0.4) is 0 Å². The number of benzene rings is 1. The fourth-order valence-electron chi connectivity index (χ4n) is 1.33. The second-order valence-electron chi connectivity index (χ2n) is 3.37. The minimum absolute atomic E-state index is 0.0157. The number of rotatable bonds is 4. The maximum atomic E-state index is 12.7. The molecule has 2 rings (SSSR count). The summed E-state index contributed by atoms with van der Waals surface area (Å²) in [4.78, 5) is 0. The molecule has 0 aliphatic rings. The molecular formula is C11H11FN2O2. The normalized spacial score (nSPS) is 10.6. The highest BCUT2D eigenvalue weighted by atomic mass is 19.1. The molecule has 0 radical (unpaired) electrons. The Morgan fingerprint density at radius 2 is 1.81 bits per heavy atom. The second kappa shape index (κ2) is 4.85. The van der Waals surface area contributed by atoms with Crippen molar-refractivity contribution in [2.24, 2.45) is 0 Å². The summed E-state index contributed by atoms with van der Waals surface area (Å²) >= 11 is 0. The Kier molecular flexibility index (Phi) is 3.26. The fraction of sp³-hybridized carbons (Fsp3) is 0.273. The van der Waals surface area contributed by atoms with Gasteiger partial charge in [0.15, 0.2) is 0 Å². The highest BCUT2D eigenvalue weighted by molar-refractivity contribution is 5.18. The van der Waals surface area contributed by atoms with Crippen molar-refractivity contribution < 1.29 is 13.9 Å². The molecule has 0 aliphatic carbocycles. The summed E-state index contributed by atoms with van der Waals surface area (Å²) in [5.74, 6) is 0.616. The van der Waals surface area contributed by atoms with E-state index in [0.29, 0.717) is 24.6 Å². The summed E-state index contributed by atoms with van der Waals surface area (Å²) < 4.78 is 17.9. The van der Waals surface area contributed by atoms with Crippen molar-refractivity contribution in [2.75, 3.05) is 6.61 Å². The van der Waals surface area contributed by atoms with Crippen LogP contribution in [0.5, 0.6) is 0 Å². The maximum Gasteiger partial charge on any atom is 0.220 e. The molecule has 0 amide bonds. The minimum Gasteiger partial charge on any atom is -0.425 e. The molecule has 0 unspecified atom stereocenters. The zero-order valence-electron chi connectivity index (χ0n) is 8.56. The zero-order valence-corrected chi connectivity index (χ0v) is 8.56. The summed E-state index contributed by atoms with van der Waals surface area (Å²) in [7, 11) is 0. The fourth-order valence-corrected chi connectivity index (χ4v) is 1.33. The number of hydrogen-bond donors (Lipinski definition) is 1. The van der Waals surface area contributed by atoms with Gasteiger partial charge in [0.25, 0.3) is 0 Å². The average Bonchev–Trinajstić information content (AvgIpc) is 2.70. The van der Waals surface area contributed by atoms with Crippen LogP contribution in [0.15, 0.2) is 28.7 Å². The van der Waals surface area contributed by atoms with Gasteiger partial charge in [0.2, 0.25) is 11.8 Å². The molecule has 0 atom stereocenters. The predicted octanol–water partition coefficient (Wildman–Crippen LogP) is 1.33. The number of aliphatic hydroxyl groups excluding tert-OH is 1. The Morgan fingerprint density at radius 1 is 1.12 bits per heavy atom. The highest BCUT2D eigenvalue weighted by Gasteiger charge is 2.06. The Morgan fingerprint density at radius 3 is 2.50 bits per heavy atom. The van der Waals surface area contributed by atoms with Crippen molar-refractivity contribution >= 4 is 0 Å². The SMILES string of the molecule is OCCc1nnc(Cc2ccc(F)cc2)o1. The molecule has 1 heterocycles. The Bertz CT molecular complexity index is 453. The Labute approximate surface area is 91.7 Å². The molecule has 0 saturated heterocycles. The topological polar surface area (TPSA) is 59.2 Å². The molecule has 0 fully saturated rings. The van der Waals surface area contributed by atoms with Gasteiger partial charge < -0.3 is 9.52 Å². The van der Waals surface area contributed by atoms with Gasteiger partial charge >= 0.3 is 0 Å². The van der Waals surface area contributed by atoms with E-state index in [2.05, 4.69) is 10.2 Å². The zero-order chi connectivity index (χ0) is 11.4. The lowest BCUT2D eigenvalue weighted by atomic mass is 10.1. The van der Waals surface area contributed by atoms with E-state index in [1.807, 2.05) is 0 Å². The Hall–Kier alpha value is -1.75. The molecule has 0 spiro atoms. The van der Waals surface area contributed by atoms with E-state index >= 15 is 0 Å². The summed E-state index contributed by atoms with van der Waals surface area (Å²) in [6, 6.07) is 6.12. The van der Waals surface area contributed by atoms with Gasteiger partial charge in [0, 0.05) is 6.42 Å². The van der Waals surface area contributed by atoms with Gasteiger partial charge in [-0.3, -0.25) is 0 Å². The molecule has 1 aromatic heterocycles. The quantitative estimate of drug-likeness (QED) is 0.847. The van der Waals surface area contributed by atoms with Crippen molar-refractivity contribution in [1.29, 1.82) is 0 Å². The maximum absolute atomic E-state index is 12.7. The summed E-state index contributed by atoms with van der Waals surface area (Å²) in [6.07, 6.45) is 0.828. The van der Waals surface area contributed by atoms with Crippen LogP contribution in [0.4, 0.5) is 4.39 Å². The highest BCUT2D eigenvalue weighted by Crippen LogP contribution is 2.09. The summed E-state index contributed by atoms with van der Waals surface area (Å²) in [6.45, 7) is -0.0157. The lowest BCUT2D eigenvalue weighted by Gasteiger charge is -1.95. The van der Waals surface area contributed by atoms with Crippen LogP contribution in [0, 0.1) is 5.82 Å². The molecule has 0 bridgehead atoms. The van der Waals surface area contributed by atoms with Crippen molar-refractivity contribution in [3.63, 3.8) is 0 Å². The first-order chi connectivity index (χ1) is 7.78. The number of hydrogen-bond acceptors (Lipinski definition) is 4. The van der Waals surface area contributed by atoms with Crippen LogP contribution in [-0.4, -0.2) is 21.9 Å². The van der Waals surface area contributed by atoms with E-state index in [0.717, 1.165) is 5.56 Å². The molecule has 5 heteroatoms. The van der Waals surface area contributed by atoms with Crippen LogP contribution >= 0.6 is 0 Å². The lowest BCUT2D eigenvalue weighted by Crippen LogP contribution is -1.89. The van der Waals surface area contributed by atoms with E-state index < -0.39 is 0 Å². The van der Waals surface area contributed by atoms with Gasteiger partial charge in [0.1, 0.15) is 5.82 Å². The van der Waals surface area contributed by atoms with Gasteiger partial charge in [-0.1, -0.05) is 12.1 Å². The first-order valence-electron chi connectivity index (χ1n) is 4.94. The largest absolute Gasteiger partial charge is 0.425 e. The third-order valence-corrected chi connectivity index (χ3v) is 2.10. The predicted molar refractivity (Wildman–Crippen MR) is 54.3 cm³/mol. The molecule has 0 saturated carbocycles. The minimum atomic E-state index is -0.268. The van der Waals surface area contributed by atoms with Crippen molar-refractivity contribution in [3.05, 3.63) is 47.4 Å². The molecule has 16 heavy (non-hydrogen) atoms. The van der Waals surface area contributed by atoms with Crippen molar-refractivity contribution in [2.45, 2.75) is 12.8 Å². The van der Waals surface area contributed by atoms with Crippen LogP contribution < -0.4 is 0 Å². The van der Waals surface area contributed by atoms with Crippen LogP contribution in [0.25, 0.3) is 0 Å². The molecule has 4 nitrogen and oxygen atoms in total. The van der Waals surface area contributed by atoms with Gasteiger partial charge in [-0.25, -0.2) is 4.39 Å². The third kappa shape index (κ3) is 2.64. The van der Waals surface area contributed by atoms with Gasteiger partial charge in [-0.05, 0) is 17.7 Å². The molecule has 0 aliphatic heterocycles. The number of aliphatic hydroxyl groups is 1. The third-order valence-electron chi connectivity index (χ3n) is 2.10. The first kappa shape index (κ1) is 10.8. The number of aromatic nitrogens is 2. The second-order valence-corrected chi connectivity index (χ2v) is 3.37. The molecule has 1 N–H and O–H groups in total. The molecule has 2 aromatic rings. The van der Waals surface area contributed by atoms with Crippen molar-refractivity contribution in [1.82, 2.24) is 10.2 Å². The van der Waals surface area contributed by atoms with Gasteiger partial charge in [-0.2, -0.15) is 0 Å². The monoisotopic (exact) mass is 222 g/mol. The van der Waals surface area contributed by atoms with E-state index in [-0.39, 0.29) is 12.4 Å². The molecule has 84 valence electrons. The molecule has 1 aromatic carbocycles. The summed E-state index contributed by atoms with van der Waals surface area (Å²) in [5.41, 5.74) is 0.903. The van der Waals surface area contributed by atoms with Gasteiger partial charge in [-0.15, -0.1) is 10.2 Å². The standard InChI is InChI=1S/C11H11FN2O2/c12-9-3-1-8(2-4-9)7-11-14-13-10(16-11)5-6-15/h1-4,15H,5-7H2. The van der Waals surface area contributed by atoms with E-state index in [1.165, 1.54) is 12.1 Å². The van der Waals surface area contributed by atoms with Crippen LogP contribution in [0.1, 0.15) is 17.3 Å². The smallest absolute Gasteiger partial charge is 0.220 e. The van der Waals surface area contributed by atoms with E-state index in [9.17, 15) is 4.39 Å². The molecular weight excluding hydrogens is 211 g/mol. The number of nitrogens with zero attached hydrogens (tertiary/aromatic N) is 2. The Balaban J connectivity index is 2.05. The first-order valence-corrected chi connectivity index (χ1v) is 4.94. The van der Waals surface area contributed by atoms with Crippen molar-refractivity contribution in [3.8, 4) is 0 Å². The van der Waals surface area contributed by atoms with Crippen LogP contribution in [-0.2, 0) is 12.8 Å². The summed E-state index contributed by atoms with van der Waals surface area (Å²) in [5, 5.41) is 16.3.